The quantitative estimate of drug-likeness (QED) is 0.488. The number of benzene rings is 2. The minimum absolute atomic E-state index is 0.0474. The second kappa shape index (κ2) is 6.53. The van der Waals surface area contributed by atoms with Crippen molar-refractivity contribution < 1.29 is 9.16 Å². The van der Waals surface area contributed by atoms with E-state index < -0.39 is 8.32 Å². The molecule has 2 aromatic carbocycles. The van der Waals surface area contributed by atoms with E-state index in [1.807, 2.05) is 12.1 Å². The lowest BCUT2D eigenvalue weighted by Gasteiger charge is -2.44. The Kier molecular flexibility index (Phi) is 4.61. The smallest absolute Gasteiger partial charge is 0.261 e. The van der Waals surface area contributed by atoms with Crippen LogP contribution >= 0.6 is 0 Å². The maximum atomic E-state index is 11.7. The third kappa shape index (κ3) is 3.04. The Morgan fingerprint density at radius 3 is 1.83 bits per heavy atom. The number of nitrogens with zero attached hydrogens (tertiary/aromatic N) is 1. The van der Waals surface area contributed by atoms with Gasteiger partial charge in [0, 0.05) is 0 Å². The first-order valence-corrected chi connectivity index (χ1v) is 10.4. The van der Waals surface area contributed by atoms with Crippen molar-refractivity contribution in [3.63, 3.8) is 0 Å². The number of hydrogen-bond donors (Lipinski definition) is 0. The summed E-state index contributed by atoms with van der Waals surface area (Å²) >= 11 is 0. The molecule has 0 aliphatic carbocycles. The zero-order valence-corrected chi connectivity index (χ0v) is 15.6. The van der Waals surface area contributed by atoms with Gasteiger partial charge < -0.3 is 9.63 Å². The van der Waals surface area contributed by atoms with Gasteiger partial charge in [-0.1, -0.05) is 81.4 Å². The Morgan fingerprint density at radius 2 is 1.46 bits per heavy atom. The Bertz CT molecular complexity index is 668. The molecule has 3 nitrogen and oxygen atoms in total. The molecule has 24 heavy (non-hydrogen) atoms. The molecule has 2 aromatic rings. The van der Waals surface area contributed by atoms with E-state index in [-0.39, 0.29) is 11.1 Å². The van der Waals surface area contributed by atoms with Crippen LogP contribution in [-0.4, -0.2) is 31.9 Å². The highest BCUT2D eigenvalue weighted by Crippen LogP contribution is 2.38. The van der Waals surface area contributed by atoms with E-state index in [9.17, 15) is 5.21 Å². The van der Waals surface area contributed by atoms with Gasteiger partial charge in [-0.25, -0.2) is 4.74 Å². The molecule has 1 aliphatic heterocycles. The van der Waals surface area contributed by atoms with Crippen LogP contribution in [-0.2, 0) is 4.43 Å². The maximum Gasteiger partial charge on any atom is 0.261 e. The molecule has 0 amide bonds. The van der Waals surface area contributed by atoms with Crippen molar-refractivity contribution >= 4 is 24.9 Å². The molecule has 0 fully saturated rings. The molecule has 0 saturated heterocycles. The lowest BCUT2D eigenvalue weighted by molar-refractivity contribution is -0.451. The van der Waals surface area contributed by atoms with Crippen molar-refractivity contribution in [1.29, 1.82) is 0 Å². The lowest BCUT2D eigenvalue weighted by atomic mass is 10.2. The van der Waals surface area contributed by atoms with Crippen LogP contribution in [0.1, 0.15) is 27.2 Å². The predicted molar refractivity (Wildman–Crippen MR) is 102 cm³/mol. The topological polar surface area (TPSA) is 35.3 Å². The Balaban J connectivity index is 2.14. The zero-order chi connectivity index (χ0) is 17.2. The Morgan fingerprint density at radius 1 is 0.958 bits per heavy atom. The summed E-state index contributed by atoms with van der Waals surface area (Å²) in [6.45, 7) is 7.19. The van der Waals surface area contributed by atoms with Gasteiger partial charge in [-0.05, 0) is 15.4 Å². The van der Waals surface area contributed by atoms with Gasteiger partial charge in [0.15, 0.2) is 12.8 Å². The fraction of sp³-hybridized carbons (Fsp3) is 0.350. The lowest BCUT2D eigenvalue weighted by Crippen LogP contribution is -2.67. The molecule has 1 heterocycles. The summed E-state index contributed by atoms with van der Waals surface area (Å²) < 4.78 is 7.87. The van der Waals surface area contributed by atoms with Crippen molar-refractivity contribution in [2.75, 3.05) is 6.54 Å². The summed E-state index contributed by atoms with van der Waals surface area (Å²) in [4.78, 5) is 0. The monoisotopic (exact) mass is 339 g/mol. The van der Waals surface area contributed by atoms with Gasteiger partial charge in [-0.15, -0.1) is 0 Å². The third-order valence-corrected chi connectivity index (χ3v) is 9.81. The second-order valence-corrected chi connectivity index (χ2v) is 11.7. The van der Waals surface area contributed by atoms with Crippen LogP contribution < -0.4 is 10.4 Å². The summed E-state index contributed by atoms with van der Waals surface area (Å²) in [5, 5.41) is 14.1. The molecule has 3 rings (SSSR count). The highest BCUT2D eigenvalue weighted by molar-refractivity contribution is 6.99. The minimum Gasteiger partial charge on any atom is -0.624 e. The molecule has 0 aromatic heterocycles. The van der Waals surface area contributed by atoms with Crippen molar-refractivity contribution in [1.82, 2.24) is 0 Å². The zero-order valence-electron chi connectivity index (χ0n) is 14.6. The first kappa shape index (κ1) is 16.9. The first-order valence-electron chi connectivity index (χ1n) is 8.49. The van der Waals surface area contributed by atoms with Crippen molar-refractivity contribution in [3.05, 3.63) is 65.9 Å². The predicted octanol–water partition coefficient (Wildman–Crippen LogP) is 2.92. The first-order chi connectivity index (χ1) is 11.4. The van der Waals surface area contributed by atoms with Gasteiger partial charge in [-0.2, -0.15) is 0 Å². The van der Waals surface area contributed by atoms with Crippen LogP contribution in [0.15, 0.2) is 60.7 Å². The van der Waals surface area contributed by atoms with Gasteiger partial charge in [-0.3, -0.25) is 0 Å². The summed E-state index contributed by atoms with van der Waals surface area (Å²) in [7, 11) is -2.53. The summed E-state index contributed by atoms with van der Waals surface area (Å²) in [5.41, 5.74) is 0. The molecule has 0 spiro atoms. The molecule has 0 saturated carbocycles. The standard InChI is InChI=1S/C20H25NO2Si/c1-20(2,3)24(18-10-6-4-7-11-18,19-12-8-5-9-13-19)23-17-14-15-21(22)16-17/h4-13,15,17H,14,16H2,1-3H3/t17-/m0/s1. The number of rotatable bonds is 4. The number of hydrogen-bond acceptors (Lipinski definition) is 2. The largest absolute Gasteiger partial charge is 0.624 e. The van der Waals surface area contributed by atoms with Gasteiger partial charge in [0.05, 0.1) is 6.42 Å². The van der Waals surface area contributed by atoms with Crippen molar-refractivity contribution in [2.45, 2.75) is 38.3 Å². The van der Waals surface area contributed by atoms with E-state index in [1.54, 1.807) is 6.21 Å². The minimum atomic E-state index is -2.53. The van der Waals surface area contributed by atoms with Crippen LogP contribution in [0, 0.1) is 5.21 Å². The van der Waals surface area contributed by atoms with Gasteiger partial charge in [0.25, 0.3) is 8.32 Å². The molecular weight excluding hydrogens is 314 g/mol. The van der Waals surface area contributed by atoms with E-state index in [1.165, 1.54) is 10.4 Å². The molecule has 0 N–H and O–H groups in total. The highest BCUT2D eigenvalue weighted by Gasteiger charge is 2.52. The van der Waals surface area contributed by atoms with E-state index in [0.29, 0.717) is 13.0 Å². The second-order valence-electron chi connectivity index (χ2n) is 7.42. The highest BCUT2D eigenvalue weighted by atomic mass is 28.4. The van der Waals surface area contributed by atoms with Gasteiger partial charge >= 0.3 is 0 Å². The molecule has 1 aliphatic rings. The number of hydroxylamine groups is 1. The van der Waals surface area contributed by atoms with Crippen LogP contribution in [0.4, 0.5) is 0 Å². The molecule has 0 bridgehead atoms. The SMILES string of the molecule is CC(C)(C)[Si](O[C@H]1CC=[N+]([O-])C1)(c1ccccc1)c1ccccc1. The molecule has 126 valence electrons. The average molecular weight is 340 g/mol. The van der Waals surface area contributed by atoms with Crippen LogP contribution in [0.2, 0.25) is 5.04 Å². The molecule has 1 atom stereocenters. The summed E-state index contributed by atoms with van der Waals surface area (Å²) in [6.07, 6.45) is 2.34. The third-order valence-electron chi connectivity index (χ3n) is 4.72. The van der Waals surface area contributed by atoms with E-state index >= 15 is 0 Å². The van der Waals surface area contributed by atoms with Crippen molar-refractivity contribution in [3.8, 4) is 0 Å². The molecule has 4 heteroatoms. The Labute approximate surface area is 145 Å². The fourth-order valence-electron chi connectivity index (χ4n) is 3.61. The molecular formula is C20H25NO2Si. The van der Waals surface area contributed by atoms with Crippen LogP contribution in [0.25, 0.3) is 0 Å². The fourth-order valence-corrected chi connectivity index (χ4v) is 8.30. The molecule has 0 radical (unpaired) electrons. The van der Waals surface area contributed by atoms with E-state index in [2.05, 4.69) is 69.3 Å². The van der Waals surface area contributed by atoms with Crippen LogP contribution in [0.3, 0.4) is 0 Å². The Hall–Kier alpha value is -1.91. The maximum absolute atomic E-state index is 11.7. The molecule has 0 unspecified atom stereocenters. The average Bonchev–Trinajstić information content (AvgIpc) is 2.98. The van der Waals surface area contributed by atoms with Gasteiger partial charge in [0.1, 0.15) is 6.10 Å². The van der Waals surface area contributed by atoms with Crippen LogP contribution in [0.5, 0.6) is 0 Å². The summed E-state index contributed by atoms with van der Waals surface area (Å²) in [6, 6.07) is 21.1. The van der Waals surface area contributed by atoms with Gasteiger partial charge in [0.2, 0.25) is 0 Å². The van der Waals surface area contributed by atoms with E-state index in [0.717, 1.165) is 4.74 Å². The van der Waals surface area contributed by atoms with Crippen molar-refractivity contribution in [2.24, 2.45) is 0 Å². The normalized spacial score (nSPS) is 18.5. The van der Waals surface area contributed by atoms with E-state index in [4.69, 9.17) is 4.43 Å². The summed E-state index contributed by atoms with van der Waals surface area (Å²) in [5.74, 6) is 0.